The van der Waals surface area contributed by atoms with E-state index in [1.807, 2.05) is 0 Å². The van der Waals surface area contributed by atoms with Gasteiger partial charge in [0.2, 0.25) is 5.88 Å². The van der Waals surface area contributed by atoms with E-state index >= 15 is 0 Å². The molecule has 126 valence electrons. The lowest BCUT2D eigenvalue weighted by Gasteiger charge is -2.10. The van der Waals surface area contributed by atoms with Gasteiger partial charge in [0.05, 0.1) is 7.11 Å². The number of benzene rings is 1. The summed E-state index contributed by atoms with van der Waals surface area (Å²) in [6, 6.07) is 5.76. The molecule has 0 saturated heterocycles. The smallest absolute Gasteiger partial charge is 0.264 e. The average Bonchev–Trinajstić information content (AvgIpc) is 2.93. The van der Waals surface area contributed by atoms with Crippen molar-refractivity contribution < 1.29 is 17.5 Å². The Hall–Kier alpha value is -1.61. The summed E-state index contributed by atoms with van der Waals surface area (Å²) < 4.78 is 46.8. The molecule has 0 atom stereocenters. The van der Waals surface area contributed by atoms with Gasteiger partial charge in [-0.3, -0.25) is 4.72 Å². The van der Waals surface area contributed by atoms with Gasteiger partial charge in [-0.25, -0.2) is 12.8 Å². The zero-order valence-corrected chi connectivity index (χ0v) is 15.2. The summed E-state index contributed by atoms with van der Waals surface area (Å²) in [7, 11) is -2.76. The van der Waals surface area contributed by atoms with E-state index in [0.29, 0.717) is 15.1 Å². The maximum absolute atomic E-state index is 14.0. The van der Waals surface area contributed by atoms with Gasteiger partial charge in [-0.1, -0.05) is 29.3 Å². The van der Waals surface area contributed by atoms with Crippen LogP contribution in [-0.2, 0) is 10.0 Å². The molecule has 10 heteroatoms. The van der Waals surface area contributed by atoms with Crippen LogP contribution in [0.4, 0.5) is 10.2 Å². The first-order valence-electron chi connectivity index (χ1n) is 6.41. The summed E-state index contributed by atoms with van der Waals surface area (Å²) in [5.41, 5.74) is 0. The van der Waals surface area contributed by atoms with Crippen molar-refractivity contribution in [2.45, 2.75) is 4.90 Å². The molecule has 2 heterocycles. The van der Waals surface area contributed by atoms with Gasteiger partial charge in [0, 0.05) is 26.6 Å². The highest BCUT2D eigenvalue weighted by Gasteiger charge is 2.22. The Morgan fingerprint density at radius 3 is 2.75 bits per heavy atom. The van der Waals surface area contributed by atoms with Crippen LogP contribution in [0.15, 0.2) is 34.5 Å². The molecular formula is C14H9Cl2FN2O3S2. The van der Waals surface area contributed by atoms with E-state index < -0.39 is 21.7 Å². The minimum absolute atomic E-state index is 0.00860. The van der Waals surface area contributed by atoms with Crippen LogP contribution in [0.3, 0.4) is 0 Å². The molecular weight excluding hydrogens is 398 g/mol. The van der Waals surface area contributed by atoms with E-state index in [-0.39, 0.29) is 15.8 Å². The van der Waals surface area contributed by atoms with Crippen LogP contribution in [0.5, 0.6) is 5.88 Å². The van der Waals surface area contributed by atoms with Crippen molar-refractivity contribution in [3.8, 4) is 5.88 Å². The number of methoxy groups -OCH3 is 1. The second kappa shape index (κ2) is 6.36. The van der Waals surface area contributed by atoms with Crippen molar-refractivity contribution in [1.82, 2.24) is 4.98 Å². The van der Waals surface area contributed by atoms with Gasteiger partial charge in [0.15, 0.2) is 11.6 Å². The van der Waals surface area contributed by atoms with Gasteiger partial charge in [-0.05, 0) is 12.1 Å². The summed E-state index contributed by atoms with van der Waals surface area (Å²) in [4.78, 5) is 3.75. The number of ether oxygens (including phenoxy) is 1. The Labute approximate surface area is 151 Å². The normalized spacial score (nSPS) is 11.7. The number of hydrogen-bond acceptors (Lipinski definition) is 5. The summed E-state index contributed by atoms with van der Waals surface area (Å²) >= 11 is 12.9. The predicted molar refractivity (Wildman–Crippen MR) is 93.4 cm³/mol. The molecule has 0 aliphatic heterocycles. The SMILES string of the molecule is COc1nc(NS(=O)(=O)c2csc3cc(Cl)ccc23)c(F)cc1Cl. The standard InChI is InChI=1S/C14H9Cl2FN2O3S2/c1-22-14-9(16)5-10(17)13(18-14)19-24(20,21)12-6-23-11-4-7(15)2-3-8(11)12/h2-6H,1H3,(H,18,19). The molecule has 3 aromatic rings. The van der Waals surface area contributed by atoms with Crippen LogP contribution >= 0.6 is 34.5 Å². The van der Waals surface area contributed by atoms with E-state index in [0.717, 1.165) is 6.07 Å². The summed E-state index contributed by atoms with van der Waals surface area (Å²) in [5, 5.41) is 2.37. The Morgan fingerprint density at radius 1 is 1.29 bits per heavy atom. The molecule has 0 amide bonds. The van der Waals surface area contributed by atoms with Crippen molar-refractivity contribution in [1.29, 1.82) is 0 Å². The van der Waals surface area contributed by atoms with Gasteiger partial charge >= 0.3 is 0 Å². The molecule has 3 rings (SSSR count). The molecule has 0 spiro atoms. The summed E-state index contributed by atoms with van der Waals surface area (Å²) in [5.74, 6) is -1.49. The van der Waals surface area contributed by atoms with Gasteiger partial charge in [0.25, 0.3) is 10.0 Å². The van der Waals surface area contributed by atoms with Crippen molar-refractivity contribution >= 4 is 60.5 Å². The van der Waals surface area contributed by atoms with E-state index in [1.165, 1.54) is 23.8 Å². The number of pyridine rings is 1. The number of thiophene rings is 1. The largest absolute Gasteiger partial charge is 0.480 e. The fourth-order valence-electron chi connectivity index (χ4n) is 2.03. The second-order valence-corrected chi connectivity index (χ2v) is 8.06. The molecule has 5 nitrogen and oxygen atoms in total. The number of fused-ring (bicyclic) bond motifs is 1. The number of anilines is 1. The molecule has 0 aliphatic rings. The highest BCUT2D eigenvalue weighted by atomic mass is 35.5. The third-order valence-electron chi connectivity index (χ3n) is 3.11. The number of nitrogens with zero attached hydrogens (tertiary/aromatic N) is 1. The molecule has 0 radical (unpaired) electrons. The maximum Gasteiger partial charge on any atom is 0.264 e. The molecule has 1 aromatic carbocycles. The Bertz CT molecular complexity index is 1040. The minimum Gasteiger partial charge on any atom is -0.480 e. The maximum atomic E-state index is 14.0. The zero-order valence-electron chi connectivity index (χ0n) is 12.0. The molecule has 2 aromatic heterocycles. The first-order valence-corrected chi connectivity index (χ1v) is 9.53. The summed E-state index contributed by atoms with van der Waals surface area (Å²) in [6.45, 7) is 0. The van der Waals surface area contributed by atoms with Crippen molar-refractivity contribution in [3.05, 3.63) is 45.5 Å². The molecule has 1 N–H and O–H groups in total. The third kappa shape index (κ3) is 3.14. The first kappa shape index (κ1) is 17.2. The van der Waals surface area contributed by atoms with Crippen LogP contribution in [-0.4, -0.2) is 20.5 Å². The van der Waals surface area contributed by atoms with Crippen molar-refractivity contribution in [2.24, 2.45) is 0 Å². The van der Waals surface area contributed by atoms with Crippen LogP contribution < -0.4 is 9.46 Å². The number of hydrogen-bond donors (Lipinski definition) is 1. The summed E-state index contributed by atoms with van der Waals surface area (Å²) in [6.07, 6.45) is 0. The molecule has 0 fully saturated rings. The van der Waals surface area contributed by atoms with Gasteiger partial charge in [-0.2, -0.15) is 4.98 Å². The van der Waals surface area contributed by atoms with Crippen molar-refractivity contribution in [3.63, 3.8) is 0 Å². The van der Waals surface area contributed by atoms with E-state index in [2.05, 4.69) is 9.71 Å². The van der Waals surface area contributed by atoms with E-state index in [4.69, 9.17) is 27.9 Å². The lowest BCUT2D eigenvalue weighted by molar-refractivity contribution is 0.397. The van der Waals surface area contributed by atoms with E-state index in [9.17, 15) is 12.8 Å². The second-order valence-electron chi connectivity index (χ2n) is 4.66. The first-order chi connectivity index (χ1) is 11.3. The molecule has 0 aliphatic carbocycles. The minimum atomic E-state index is -4.05. The van der Waals surface area contributed by atoms with Crippen LogP contribution in [0.25, 0.3) is 10.1 Å². The topological polar surface area (TPSA) is 68.3 Å². The number of nitrogens with one attached hydrogen (secondary N) is 1. The fraction of sp³-hybridized carbons (Fsp3) is 0.0714. The van der Waals surface area contributed by atoms with Crippen molar-refractivity contribution in [2.75, 3.05) is 11.8 Å². The highest BCUT2D eigenvalue weighted by molar-refractivity contribution is 7.93. The molecule has 0 saturated carbocycles. The van der Waals surface area contributed by atoms with Crippen LogP contribution in [0.1, 0.15) is 0 Å². The lowest BCUT2D eigenvalue weighted by atomic mass is 10.3. The Balaban J connectivity index is 2.05. The van der Waals surface area contributed by atoms with Gasteiger partial charge < -0.3 is 4.74 Å². The van der Waals surface area contributed by atoms with Gasteiger partial charge in [-0.15, -0.1) is 11.3 Å². The molecule has 24 heavy (non-hydrogen) atoms. The highest BCUT2D eigenvalue weighted by Crippen LogP contribution is 2.33. The zero-order chi connectivity index (χ0) is 17.5. The monoisotopic (exact) mass is 406 g/mol. The predicted octanol–water partition coefficient (Wildman–Crippen LogP) is 4.55. The average molecular weight is 407 g/mol. The number of rotatable bonds is 4. The van der Waals surface area contributed by atoms with Crippen LogP contribution in [0, 0.1) is 5.82 Å². The van der Waals surface area contributed by atoms with Crippen LogP contribution in [0.2, 0.25) is 10.0 Å². The fourth-order valence-corrected chi connectivity index (χ4v) is 5.04. The van der Waals surface area contributed by atoms with Gasteiger partial charge in [0.1, 0.15) is 9.92 Å². The lowest BCUT2D eigenvalue weighted by Crippen LogP contribution is -2.15. The number of aromatic nitrogens is 1. The number of sulfonamides is 1. The third-order valence-corrected chi connectivity index (χ3v) is 6.09. The number of halogens is 3. The molecule has 0 unspecified atom stereocenters. The Kier molecular flexibility index (Phi) is 4.56. The Morgan fingerprint density at radius 2 is 2.04 bits per heavy atom. The quantitative estimate of drug-likeness (QED) is 0.689. The van der Waals surface area contributed by atoms with E-state index in [1.54, 1.807) is 18.2 Å². The molecule has 0 bridgehead atoms.